The molecule has 122 valence electrons. The van der Waals surface area contributed by atoms with Crippen LogP contribution >= 0.6 is 0 Å². The number of carbonyl (C=O) groups is 1. The molecule has 0 aliphatic heterocycles. The van der Waals surface area contributed by atoms with Crippen molar-refractivity contribution in [3.8, 4) is 11.5 Å². The zero-order valence-electron chi connectivity index (χ0n) is 13.7. The molecule has 1 aromatic heterocycles. The zero-order chi connectivity index (χ0) is 16.4. The number of nitrogens with zero attached hydrogens (tertiary/aromatic N) is 3. The minimum Gasteiger partial charge on any atom is -0.468 e. The summed E-state index contributed by atoms with van der Waals surface area (Å²) >= 11 is 0. The summed E-state index contributed by atoms with van der Waals surface area (Å²) < 4.78 is 10.6. The van der Waals surface area contributed by atoms with Crippen LogP contribution in [0, 0.1) is 6.92 Å². The van der Waals surface area contributed by atoms with Crippen molar-refractivity contribution in [1.29, 1.82) is 0 Å². The lowest BCUT2D eigenvalue weighted by atomic mass is 10.1. The molecule has 0 saturated heterocycles. The van der Waals surface area contributed by atoms with E-state index in [0.29, 0.717) is 24.4 Å². The van der Waals surface area contributed by atoms with Crippen molar-refractivity contribution in [1.82, 2.24) is 15.1 Å². The zero-order valence-corrected chi connectivity index (χ0v) is 13.7. The van der Waals surface area contributed by atoms with Crippen molar-refractivity contribution in [2.24, 2.45) is 0 Å². The van der Waals surface area contributed by atoms with Crippen LogP contribution in [0.15, 0.2) is 28.7 Å². The Morgan fingerprint density at radius 2 is 2.22 bits per heavy atom. The summed E-state index contributed by atoms with van der Waals surface area (Å²) in [7, 11) is 1.41. The largest absolute Gasteiger partial charge is 0.468 e. The first kappa shape index (κ1) is 15.7. The Balaban J connectivity index is 1.75. The number of aryl methyl sites for hydroxylation is 1. The molecule has 3 rings (SSSR count). The minimum absolute atomic E-state index is 0.240. The molecule has 0 radical (unpaired) electrons. The quantitative estimate of drug-likeness (QED) is 0.763. The lowest BCUT2D eigenvalue weighted by molar-refractivity contribution is -0.146. The van der Waals surface area contributed by atoms with E-state index < -0.39 is 0 Å². The van der Waals surface area contributed by atoms with E-state index in [1.165, 1.54) is 7.11 Å². The second-order valence-electron chi connectivity index (χ2n) is 5.97. The number of benzene rings is 1. The SMILES string of the molecule is COC(=O)C(C)N(Cc1nnc(-c2cccc(C)c2)o1)C1CC1. The molecule has 1 aliphatic carbocycles. The number of esters is 1. The van der Waals surface area contributed by atoms with Crippen LogP contribution in [0.3, 0.4) is 0 Å². The molecular weight excluding hydrogens is 294 g/mol. The summed E-state index contributed by atoms with van der Waals surface area (Å²) in [6, 6.07) is 8.01. The second-order valence-corrected chi connectivity index (χ2v) is 5.97. The third kappa shape index (κ3) is 3.59. The van der Waals surface area contributed by atoms with Gasteiger partial charge in [-0.2, -0.15) is 0 Å². The number of rotatable bonds is 6. The summed E-state index contributed by atoms with van der Waals surface area (Å²) in [6.07, 6.45) is 2.17. The Morgan fingerprint density at radius 1 is 1.43 bits per heavy atom. The van der Waals surface area contributed by atoms with Gasteiger partial charge in [0, 0.05) is 11.6 Å². The number of carbonyl (C=O) groups excluding carboxylic acids is 1. The summed E-state index contributed by atoms with van der Waals surface area (Å²) in [5, 5.41) is 8.25. The van der Waals surface area contributed by atoms with Crippen LogP contribution in [-0.4, -0.2) is 40.3 Å². The van der Waals surface area contributed by atoms with Crippen LogP contribution in [0.25, 0.3) is 11.5 Å². The maximum Gasteiger partial charge on any atom is 0.322 e. The molecule has 0 spiro atoms. The van der Waals surface area contributed by atoms with Gasteiger partial charge in [-0.25, -0.2) is 0 Å². The van der Waals surface area contributed by atoms with Gasteiger partial charge in [0.15, 0.2) is 0 Å². The fourth-order valence-corrected chi connectivity index (χ4v) is 2.66. The molecular formula is C17H21N3O3. The van der Waals surface area contributed by atoms with Gasteiger partial charge >= 0.3 is 5.97 Å². The molecule has 6 nitrogen and oxygen atoms in total. The fourth-order valence-electron chi connectivity index (χ4n) is 2.66. The lowest BCUT2D eigenvalue weighted by Gasteiger charge is -2.25. The normalized spacial score (nSPS) is 15.7. The van der Waals surface area contributed by atoms with Crippen LogP contribution in [0.2, 0.25) is 0 Å². The highest BCUT2D eigenvalue weighted by Crippen LogP contribution is 2.30. The smallest absolute Gasteiger partial charge is 0.322 e. The third-order valence-corrected chi connectivity index (χ3v) is 4.11. The highest BCUT2D eigenvalue weighted by Gasteiger charge is 2.36. The summed E-state index contributed by atoms with van der Waals surface area (Å²) in [5.41, 5.74) is 2.05. The Hall–Kier alpha value is -2.21. The van der Waals surface area contributed by atoms with E-state index >= 15 is 0 Å². The average molecular weight is 315 g/mol. The van der Waals surface area contributed by atoms with E-state index in [4.69, 9.17) is 9.15 Å². The highest BCUT2D eigenvalue weighted by atomic mass is 16.5. The number of aromatic nitrogens is 2. The van der Waals surface area contributed by atoms with Crippen LogP contribution in [0.4, 0.5) is 0 Å². The van der Waals surface area contributed by atoms with E-state index in [-0.39, 0.29) is 12.0 Å². The molecule has 1 fully saturated rings. The standard InChI is InChI=1S/C17H21N3O3/c1-11-5-4-6-13(9-11)16-19-18-15(23-16)10-20(14-7-8-14)12(2)17(21)22-3/h4-6,9,12,14H,7-8,10H2,1-3H3. The molecule has 0 N–H and O–H groups in total. The molecule has 1 aliphatic rings. The van der Waals surface area contributed by atoms with Crippen molar-refractivity contribution in [3.05, 3.63) is 35.7 Å². The topological polar surface area (TPSA) is 68.5 Å². The molecule has 6 heteroatoms. The van der Waals surface area contributed by atoms with E-state index in [0.717, 1.165) is 24.0 Å². The fraction of sp³-hybridized carbons (Fsp3) is 0.471. The van der Waals surface area contributed by atoms with Gasteiger partial charge in [0.25, 0.3) is 0 Å². The Kier molecular flexibility index (Phi) is 4.43. The van der Waals surface area contributed by atoms with Crippen molar-refractivity contribution in [2.75, 3.05) is 7.11 Å². The van der Waals surface area contributed by atoms with E-state index in [9.17, 15) is 4.79 Å². The van der Waals surface area contributed by atoms with Gasteiger partial charge < -0.3 is 9.15 Å². The number of ether oxygens (including phenoxy) is 1. The minimum atomic E-state index is -0.318. The molecule has 1 heterocycles. The molecule has 1 aromatic carbocycles. The Morgan fingerprint density at radius 3 is 2.87 bits per heavy atom. The maximum absolute atomic E-state index is 11.8. The van der Waals surface area contributed by atoms with Crippen molar-refractivity contribution in [2.45, 2.75) is 45.3 Å². The highest BCUT2D eigenvalue weighted by molar-refractivity contribution is 5.75. The van der Waals surface area contributed by atoms with Gasteiger partial charge in [-0.3, -0.25) is 9.69 Å². The van der Waals surface area contributed by atoms with Gasteiger partial charge in [0.2, 0.25) is 11.8 Å². The molecule has 1 saturated carbocycles. The van der Waals surface area contributed by atoms with Crippen LogP contribution < -0.4 is 0 Å². The van der Waals surface area contributed by atoms with Crippen molar-refractivity contribution in [3.63, 3.8) is 0 Å². The monoisotopic (exact) mass is 315 g/mol. The molecule has 1 unspecified atom stereocenters. The summed E-state index contributed by atoms with van der Waals surface area (Å²) in [5.74, 6) is 0.782. The Labute approximate surface area is 135 Å². The van der Waals surface area contributed by atoms with Crippen LogP contribution in [0.5, 0.6) is 0 Å². The average Bonchev–Trinajstić information content (AvgIpc) is 3.29. The van der Waals surface area contributed by atoms with Crippen molar-refractivity contribution < 1.29 is 13.9 Å². The molecule has 0 amide bonds. The summed E-state index contributed by atoms with van der Waals surface area (Å²) in [6.45, 7) is 4.33. The van der Waals surface area contributed by atoms with Gasteiger partial charge in [-0.05, 0) is 38.8 Å². The first-order valence-electron chi connectivity index (χ1n) is 7.81. The lowest BCUT2D eigenvalue weighted by Crippen LogP contribution is -2.40. The number of hydrogen-bond donors (Lipinski definition) is 0. The maximum atomic E-state index is 11.8. The van der Waals surface area contributed by atoms with E-state index in [1.54, 1.807) is 0 Å². The molecule has 23 heavy (non-hydrogen) atoms. The molecule has 2 aromatic rings. The molecule has 1 atom stereocenters. The van der Waals surface area contributed by atoms with E-state index in [1.807, 2.05) is 38.1 Å². The van der Waals surface area contributed by atoms with Crippen LogP contribution in [-0.2, 0) is 16.1 Å². The Bertz CT molecular complexity index is 694. The number of methoxy groups -OCH3 is 1. The number of hydrogen-bond acceptors (Lipinski definition) is 6. The van der Waals surface area contributed by atoms with Gasteiger partial charge in [-0.15, -0.1) is 10.2 Å². The van der Waals surface area contributed by atoms with Crippen LogP contribution in [0.1, 0.15) is 31.2 Å². The van der Waals surface area contributed by atoms with E-state index in [2.05, 4.69) is 15.1 Å². The first-order chi connectivity index (χ1) is 11.1. The molecule has 0 bridgehead atoms. The predicted octanol–water partition coefficient (Wildman–Crippen LogP) is 2.57. The van der Waals surface area contributed by atoms with Gasteiger partial charge in [0.1, 0.15) is 6.04 Å². The van der Waals surface area contributed by atoms with Crippen molar-refractivity contribution >= 4 is 5.97 Å². The first-order valence-corrected chi connectivity index (χ1v) is 7.81. The van der Waals surface area contributed by atoms with Gasteiger partial charge in [-0.1, -0.05) is 17.7 Å². The third-order valence-electron chi connectivity index (χ3n) is 4.11. The predicted molar refractivity (Wildman–Crippen MR) is 84.5 cm³/mol. The van der Waals surface area contributed by atoms with Gasteiger partial charge in [0.05, 0.1) is 13.7 Å². The summed E-state index contributed by atoms with van der Waals surface area (Å²) in [4.78, 5) is 13.9. The second kappa shape index (κ2) is 6.50.